The summed E-state index contributed by atoms with van der Waals surface area (Å²) < 4.78 is 5.76. The van der Waals surface area contributed by atoms with Crippen molar-refractivity contribution < 1.29 is 4.74 Å². The lowest BCUT2D eigenvalue weighted by atomic mass is 9.95. The van der Waals surface area contributed by atoms with Crippen molar-refractivity contribution in [1.29, 1.82) is 10.5 Å². The molecule has 0 spiro atoms. The predicted octanol–water partition coefficient (Wildman–Crippen LogP) is 4.64. The molecular weight excluding hydrogens is 284 g/mol. The summed E-state index contributed by atoms with van der Waals surface area (Å²) in [6, 6.07) is 17.7. The van der Waals surface area contributed by atoms with Gasteiger partial charge in [0.15, 0.2) is 0 Å². The normalized spacial score (nSPS) is 11.3. The van der Waals surface area contributed by atoms with Gasteiger partial charge in [-0.3, -0.25) is 0 Å². The molecular formula is C20H20N2O. The Hall–Kier alpha value is -2.78. The quantitative estimate of drug-likeness (QED) is 0.730. The number of rotatable bonds is 6. The maximum absolute atomic E-state index is 9.33. The lowest BCUT2D eigenvalue weighted by Crippen LogP contribution is -2.02. The fourth-order valence-corrected chi connectivity index (χ4v) is 2.38. The Labute approximate surface area is 137 Å². The zero-order valence-electron chi connectivity index (χ0n) is 13.5. The molecule has 1 unspecified atom stereocenters. The van der Waals surface area contributed by atoms with E-state index in [4.69, 9.17) is 10.00 Å². The molecule has 23 heavy (non-hydrogen) atoms. The molecule has 0 saturated heterocycles. The highest BCUT2D eigenvalue weighted by Crippen LogP contribution is 2.22. The van der Waals surface area contributed by atoms with Gasteiger partial charge in [0.05, 0.1) is 30.2 Å². The van der Waals surface area contributed by atoms with Crippen molar-refractivity contribution in [3.8, 4) is 17.9 Å². The lowest BCUT2D eigenvalue weighted by molar-refractivity contribution is 0.304. The van der Waals surface area contributed by atoms with E-state index >= 15 is 0 Å². The van der Waals surface area contributed by atoms with Crippen LogP contribution in [-0.4, -0.2) is 6.61 Å². The van der Waals surface area contributed by atoms with E-state index in [1.807, 2.05) is 24.3 Å². The van der Waals surface area contributed by atoms with Crippen LogP contribution in [0.25, 0.3) is 0 Å². The monoisotopic (exact) mass is 304 g/mol. The third-order valence-electron chi connectivity index (χ3n) is 3.98. The molecule has 0 fully saturated rings. The van der Waals surface area contributed by atoms with E-state index < -0.39 is 0 Å². The summed E-state index contributed by atoms with van der Waals surface area (Å²) in [5.74, 6) is 0.714. The number of hydrogen-bond donors (Lipinski definition) is 0. The lowest BCUT2D eigenvalue weighted by Gasteiger charge is -2.11. The van der Waals surface area contributed by atoms with Crippen molar-refractivity contribution in [3.05, 3.63) is 64.7 Å². The van der Waals surface area contributed by atoms with Crippen LogP contribution in [-0.2, 0) is 0 Å². The van der Waals surface area contributed by atoms with E-state index in [1.54, 1.807) is 12.1 Å². The minimum atomic E-state index is -0.161. The maximum atomic E-state index is 9.33. The Morgan fingerprint density at radius 2 is 1.74 bits per heavy atom. The van der Waals surface area contributed by atoms with Crippen LogP contribution in [0.1, 0.15) is 41.0 Å². The molecule has 3 heteroatoms. The summed E-state index contributed by atoms with van der Waals surface area (Å²) in [5.41, 5.74) is 4.04. The smallest absolute Gasteiger partial charge is 0.119 e. The highest BCUT2D eigenvalue weighted by atomic mass is 16.5. The molecule has 0 heterocycles. The van der Waals surface area contributed by atoms with Crippen molar-refractivity contribution in [2.75, 3.05) is 6.61 Å². The van der Waals surface area contributed by atoms with Gasteiger partial charge in [0.1, 0.15) is 5.75 Å². The molecule has 0 aliphatic carbocycles. The molecule has 0 aliphatic rings. The van der Waals surface area contributed by atoms with E-state index in [9.17, 15) is 5.26 Å². The van der Waals surface area contributed by atoms with Crippen molar-refractivity contribution in [1.82, 2.24) is 0 Å². The molecule has 2 aromatic carbocycles. The van der Waals surface area contributed by atoms with Crippen LogP contribution in [0, 0.1) is 36.5 Å². The second kappa shape index (κ2) is 8.01. The Morgan fingerprint density at radius 1 is 1.00 bits per heavy atom. The van der Waals surface area contributed by atoms with E-state index in [1.165, 1.54) is 11.1 Å². The Morgan fingerprint density at radius 3 is 2.35 bits per heavy atom. The van der Waals surface area contributed by atoms with Gasteiger partial charge in [0.25, 0.3) is 0 Å². The third-order valence-corrected chi connectivity index (χ3v) is 3.98. The number of hydrogen-bond acceptors (Lipinski definition) is 3. The first-order chi connectivity index (χ1) is 11.1. The highest BCUT2D eigenvalue weighted by Gasteiger charge is 2.10. The molecule has 0 saturated carbocycles. The Balaban J connectivity index is 1.85. The molecule has 2 aromatic rings. The van der Waals surface area contributed by atoms with E-state index in [0.717, 1.165) is 24.2 Å². The number of nitrogens with zero attached hydrogens (tertiary/aromatic N) is 2. The summed E-state index contributed by atoms with van der Waals surface area (Å²) in [6.45, 7) is 4.74. The molecule has 0 amide bonds. The molecule has 0 N–H and O–H groups in total. The largest absolute Gasteiger partial charge is 0.494 e. The SMILES string of the molecule is Cc1ccc(OCCCC(C#N)c2ccc(C#N)cc2)cc1C. The average molecular weight is 304 g/mol. The molecule has 0 aliphatic heterocycles. The zero-order chi connectivity index (χ0) is 16.7. The standard InChI is InChI=1S/C20H20N2O/c1-15-5-10-20(12-16(15)2)23-11-3-4-19(14-22)18-8-6-17(13-21)7-9-18/h5-10,12,19H,3-4,11H2,1-2H3. The van der Waals surface area contributed by atoms with Crippen molar-refractivity contribution in [2.45, 2.75) is 32.6 Å². The van der Waals surface area contributed by atoms with Gasteiger partial charge in [-0.05, 0) is 67.6 Å². The van der Waals surface area contributed by atoms with E-state index in [0.29, 0.717) is 12.2 Å². The molecule has 0 bridgehead atoms. The maximum Gasteiger partial charge on any atom is 0.119 e. The van der Waals surface area contributed by atoms with Crippen LogP contribution >= 0.6 is 0 Å². The Kier molecular flexibility index (Phi) is 5.78. The van der Waals surface area contributed by atoms with Crippen molar-refractivity contribution in [3.63, 3.8) is 0 Å². The van der Waals surface area contributed by atoms with E-state index in [-0.39, 0.29) is 5.92 Å². The molecule has 2 rings (SSSR count). The van der Waals surface area contributed by atoms with Crippen molar-refractivity contribution in [2.24, 2.45) is 0 Å². The molecule has 0 aromatic heterocycles. The van der Waals surface area contributed by atoms with Crippen LogP contribution in [0.15, 0.2) is 42.5 Å². The highest BCUT2D eigenvalue weighted by molar-refractivity contribution is 5.35. The van der Waals surface area contributed by atoms with Gasteiger partial charge in [0, 0.05) is 0 Å². The van der Waals surface area contributed by atoms with E-state index in [2.05, 4.69) is 32.1 Å². The summed E-state index contributed by atoms with van der Waals surface area (Å²) >= 11 is 0. The fourth-order valence-electron chi connectivity index (χ4n) is 2.38. The summed E-state index contributed by atoms with van der Waals surface area (Å²) in [6.07, 6.45) is 1.55. The van der Waals surface area contributed by atoms with Crippen LogP contribution in [0.3, 0.4) is 0 Å². The summed E-state index contributed by atoms with van der Waals surface area (Å²) in [7, 11) is 0. The third kappa shape index (κ3) is 4.59. The first kappa shape index (κ1) is 16.6. The van der Waals surface area contributed by atoms with Crippen LogP contribution in [0.2, 0.25) is 0 Å². The fraction of sp³-hybridized carbons (Fsp3) is 0.300. The minimum absolute atomic E-state index is 0.161. The number of nitriles is 2. The Bertz CT molecular complexity index is 736. The second-order valence-corrected chi connectivity index (χ2v) is 5.65. The molecule has 1 atom stereocenters. The summed E-state index contributed by atoms with van der Waals surface area (Å²) in [5, 5.41) is 18.1. The first-order valence-corrected chi connectivity index (χ1v) is 7.74. The van der Waals surface area contributed by atoms with Crippen LogP contribution in [0.4, 0.5) is 0 Å². The van der Waals surface area contributed by atoms with Crippen molar-refractivity contribution >= 4 is 0 Å². The first-order valence-electron chi connectivity index (χ1n) is 7.74. The molecule has 0 radical (unpaired) electrons. The van der Waals surface area contributed by atoms with Gasteiger partial charge < -0.3 is 4.74 Å². The predicted molar refractivity (Wildman–Crippen MR) is 90.2 cm³/mol. The van der Waals surface area contributed by atoms with Gasteiger partial charge in [-0.25, -0.2) is 0 Å². The number of benzene rings is 2. The van der Waals surface area contributed by atoms with Gasteiger partial charge >= 0.3 is 0 Å². The van der Waals surface area contributed by atoms with Gasteiger partial charge in [-0.15, -0.1) is 0 Å². The minimum Gasteiger partial charge on any atom is -0.494 e. The molecule has 116 valence electrons. The van der Waals surface area contributed by atoms with Gasteiger partial charge in [-0.1, -0.05) is 18.2 Å². The van der Waals surface area contributed by atoms with Gasteiger partial charge in [0.2, 0.25) is 0 Å². The second-order valence-electron chi connectivity index (χ2n) is 5.65. The van der Waals surface area contributed by atoms with Gasteiger partial charge in [-0.2, -0.15) is 10.5 Å². The van der Waals surface area contributed by atoms with Crippen LogP contribution < -0.4 is 4.74 Å². The van der Waals surface area contributed by atoms with Crippen LogP contribution in [0.5, 0.6) is 5.75 Å². The zero-order valence-corrected chi connectivity index (χ0v) is 13.5. The molecule has 3 nitrogen and oxygen atoms in total. The number of ether oxygens (including phenoxy) is 1. The average Bonchev–Trinajstić information content (AvgIpc) is 2.58. The topological polar surface area (TPSA) is 56.8 Å². The number of aryl methyl sites for hydroxylation is 2. The summed E-state index contributed by atoms with van der Waals surface area (Å²) in [4.78, 5) is 0.